The molecule has 1 saturated heterocycles. The highest BCUT2D eigenvalue weighted by atomic mass is 32.2. The Morgan fingerprint density at radius 3 is 2.11 bits per heavy atom. The molecule has 1 aliphatic heterocycles. The van der Waals surface area contributed by atoms with Crippen LogP contribution in [0.4, 0.5) is 10.5 Å². The van der Waals surface area contributed by atoms with Crippen LogP contribution in [0.5, 0.6) is 0 Å². The Morgan fingerprint density at radius 2 is 1.47 bits per heavy atom. The number of carboxylic acids is 1. The molecular formula is C36H40N2O6S. The van der Waals surface area contributed by atoms with Gasteiger partial charge >= 0.3 is 12.0 Å². The lowest BCUT2D eigenvalue weighted by molar-refractivity contribution is -0.245. The first-order chi connectivity index (χ1) is 21.8. The van der Waals surface area contributed by atoms with Crippen LogP contribution in [0, 0.1) is 17.8 Å². The lowest BCUT2D eigenvalue weighted by atomic mass is 9.53. The van der Waals surface area contributed by atoms with E-state index in [4.69, 9.17) is 9.47 Å². The number of aliphatic hydroxyl groups excluding tert-OH is 1. The molecule has 5 fully saturated rings. The van der Waals surface area contributed by atoms with Gasteiger partial charge in [-0.15, -0.1) is 11.8 Å². The number of ether oxygens (including phenoxy) is 2. The lowest BCUT2D eigenvalue weighted by Crippen LogP contribution is -2.60. The zero-order chi connectivity index (χ0) is 31.0. The Bertz CT molecular complexity index is 1490. The van der Waals surface area contributed by atoms with Crippen LogP contribution >= 0.6 is 11.8 Å². The van der Waals surface area contributed by atoms with E-state index in [9.17, 15) is 19.8 Å². The van der Waals surface area contributed by atoms with E-state index in [0.717, 1.165) is 53.7 Å². The van der Waals surface area contributed by atoms with Crippen LogP contribution in [0.3, 0.4) is 0 Å². The Labute approximate surface area is 267 Å². The molecule has 4 N–H and O–H groups in total. The molecule has 2 amide bonds. The summed E-state index contributed by atoms with van der Waals surface area (Å²) < 4.78 is 12.9. The van der Waals surface area contributed by atoms with E-state index in [1.165, 1.54) is 31.0 Å². The van der Waals surface area contributed by atoms with Crippen LogP contribution in [0.15, 0.2) is 77.7 Å². The van der Waals surface area contributed by atoms with Crippen molar-refractivity contribution >= 4 is 29.4 Å². The number of anilines is 1. The molecule has 4 bridgehead atoms. The number of carbonyl (C=O) groups excluding carboxylic acids is 1. The van der Waals surface area contributed by atoms with Crippen molar-refractivity contribution in [1.82, 2.24) is 5.32 Å². The van der Waals surface area contributed by atoms with Gasteiger partial charge in [-0.3, -0.25) is 0 Å². The number of thioether (sulfide) groups is 1. The number of nitrogens with one attached hydrogen (secondary N) is 2. The van der Waals surface area contributed by atoms with Gasteiger partial charge in [-0.1, -0.05) is 48.5 Å². The van der Waals surface area contributed by atoms with Gasteiger partial charge in [0, 0.05) is 33.9 Å². The molecule has 9 heteroatoms. The lowest BCUT2D eigenvalue weighted by Gasteiger charge is -2.56. The monoisotopic (exact) mass is 628 g/mol. The van der Waals surface area contributed by atoms with Crippen LogP contribution in [-0.2, 0) is 16.1 Å². The smallest absolute Gasteiger partial charge is 0.336 e. The summed E-state index contributed by atoms with van der Waals surface area (Å²) >= 11 is 1.47. The van der Waals surface area contributed by atoms with Crippen LogP contribution in [0.25, 0.3) is 0 Å². The van der Waals surface area contributed by atoms with Gasteiger partial charge in [0.15, 0.2) is 6.29 Å². The number of carbonyl (C=O) groups is 2. The zero-order valence-corrected chi connectivity index (χ0v) is 26.0. The van der Waals surface area contributed by atoms with Gasteiger partial charge in [-0.2, -0.15) is 0 Å². The number of amides is 2. The first-order valence-corrected chi connectivity index (χ1v) is 17.0. The van der Waals surface area contributed by atoms with Gasteiger partial charge in [-0.25, -0.2) is 9.59 Å². The number of benzene rings is 3. The third-order valence-electron chi connectivity index (χ3n) is 10.0. The topological polar surface area (TPSA) is 117 Å². The van der Waals surface area contributed by atoms with Crippen molar-refractivity contribution in [3.8, 4) is 0 Å². The average Bonchev–Trinajstić information content (AvgIpc) is 3.03. The zero-order valence-electron chi connectivity index (χ0n) is 25.2. The molecule has 1 heterocycles. The summed E-state index contributed by atoms with van der Waals surface area (Å²) in [4.78, 5) is 25.5. The van der Waals surface area contributed by atoms with Gasteiger partial charge in [-0.05, 0) is 91.7 Å². The molecule has 3 atom stereocenters. The van der Waals surface area contributed by atoms with E-state index in [-0.39, 0.29) is 35.9 Å². The normalized spacial score (nSPS) is 30.2. The number of rotatable bonds is 9. The third-order valence-corrected chi connectivity index (χ3v) is 11.2. The molecule has 0 aromatic heterocycles. The SMILES string of the molecule is O=C(Nc1ccc(C2OC(CSc3ccccc3C(=O)O)CC(c3ccc(CO)cc3)O2)cc1)NC12CC3CC(CC(C3)C1)C2. The fraction of sp³-hybridized carbons (Fsp3) is 0.444. The summed E-state index contributed by atoms with van der Waals surface area (Å²) in [6.07, 6.45) is 6.81. The predicted octanol–water partition coefficient (Wildman–Crippen LogP) is 7.31. The third kappa shape index (κ3) is 6.77. The summed E-state index contributed by atoms with van der Waals surface area (Å²) in [5, 5.41) is 25.5. The number of aliphatic hydroxyl groups is 1. The van der Waals surface area contributed by atoms with Crippen LogP contribution in [0.1, 0.15) is 84.4 Å². The second-order valence-corrected chi connectivity index (χ2v) is 14.4. The second kappa shape index (κ2) is 12.8. The van der Waals surface area contributed by atoms with Crippen molar-refractivity contribution in [3.63, 3.8) is 0 Å². The highest BCUT2D eigenvalue weighted by Crippen LogP contribution is 2.55. The van der Waals surface area contributed by atoms with E-state index in [2.05, 4.69) is 10.6 Å². The van der Waals surface area contributed by atoms with Crippen LogP contribution in [-0.4, -0.2) is 39.6 Å². The molecule has 45 heavy (non-hydrogen) atoms. The van der Waals surface area contributed by atoms with E-state index in [0.29, 0.717) is 22.8 Å². The fourth-order valence-corrected chi connectivity index (χ4v) is 9.43. The highest BCUT2D eigenvalue weighted by molar-refractivity contribution is 7.99. The van der Waals surface area contributed by atoms with Crippen molar-refractivity contribution < 1.29 is 29.3 Å². The van der Waals surface area contributed by atoms with Gasteiger partial charge in [0.2, 0.25) is 0 Å². The standard InChI is InChI=1S/C36H40N2O6S/c39-20-22-5-7-26(8-6-22)31-16-29(21-45-32-4-2-1-3-30(32)33(40)41)43-34(44-31)27-9-11-28(12-10-27)37-35(42)38-36-17-23-13-24(18-36)15-25(14-23)19-36/h1-12,23-25,29,31,34,39H,13-21H2,(H,40,41)(H2,37,38,42). The Balaban J connectivity index is 1.03. The maximum Gasteiger partial charge on any atom is 0.336 e. The van der Waals surface area contributed by atoms with Gasteiger partial charge < -0.3 is 30.3 Å². The van der Waals surface area contributed by atoms with Crippen molar-refractivity contribution in [2.75, 3.05) is 11.1 Å². The van der Waals surface area contributed by atoms with E-state index >= 15 is 0 Å². The van der Waals surface area contributed by atoms with Crippen molar-refractivity contribution in [3.05, 3.63) is 95.1 Å². The summed E-state index contributed by atoms with van der Waals surface area (Å²) in [6, 6.07) is 22.2. The van der Waals surface area contributed by atoms with E-state index in [1.807, 2.05) is 60.7 Å². The van der Waals surface area contributed by atoms with E-state index in [1.54, 1.807) is 12.1 Å². The molecule has 8 rings (SSSR count). The van der Waals surface area contributed by atoms with Gasteiger partial charge in [0.1, 0.15) is 0 Å². The molecule has 3 aromatic rings. The molecular weight excluding hydrogens is 588 g/mol. The van der Waals surface area contributed by atoms with Gasteiger partial charge in [0.25, 0.3) is 0 Å². The Hall–Kier alpha value is -3.37. The van der Waals surface area contributed by atoms with Crippen molar-refractivity contribution in [2.45, 2.75) is 80.5 Å². The number of hydrogen-bond donors (Lipinski definition) is 4. The first kappa shape index (κ1) is 30.3. The molecule has 3 aromatic carbocycles. The predicted molar refractivity (Wildman–Crippen MR) is 172 cm³/mol. The summed E-state index contributed by atoms with van der Waals surface area (Å²) in [5.41, 5.74) is 3.59. The summed E-state index contributed by atoms with van der Waals surface area (Å²) in [5.74, 6) is 1.89. The maximum atomic E-state index is 13.1. The van der Waals surface area contributed by atoms with E-state index < -0.39 is 12.3 Å². The van der Waals surface area contributed by atoms with Crippen LogP contribution in [0.2, 0.25) is 0 Å². The van der Waals surface area contributed by atoms with Crippen molar-refractivity contribution in [2.24, 2.45) is 17.8 Å². The molecule has 4 saturated carbocycles. The minimum atomic E-state index is -0.953. The first-order valence-electron chi connectivity index (χ1n) is 16.0. The molecule has 3 unspecified atom stereocenters. The fourth-order valence-electron chi connectivity index (χ4n) is 8.37. The quantitative estimate of drug-likeness (QED) is 0.184. The Morgan fingerprint density at radius 1 is 0.822 bits per heavy atom. The molecule has 236 valence electrons. The summed E-state index contributed by atoms with van der Waals surface area (Å²) in [7, 11) is 0. The molecule has 4 aliphatic carbocycles. The number of hydrogen-bond acceptors (Lipinski definition) is 6. The van der Waals surface area contributed by atoms with Crippen molar-refractivity contribution in [1.29, 1.82) is 0 Å². The summed E-state index contributed by atoms with van der Waals surface area (Å²) in [6.45, 7) is -0.0270. The second-order valence-electron chi connectivity index (χ2n) is 13.4. The highest BCUT2D eigenvalue weighted by Gasteiger charge is 2.51. The Kier molecular flexibility index (Phi) is 8.61. The average molecular weight is 629 g/mol. The molecule has 5 aliphatic rings. The minimum absolute atomic E-state index is 0.0270. The molecule has 0 radical (unpaired) electrons. The molecule has 8 nitrogen and oxygen atoms in total. The number of urea groups is 1. The van der Waals surface area contributed by atoms with Gasteiger partial charge in [0.05, 0.1) is 24.4 Å². The number of aromatic carboxylic acids is 1. The van der Waals surface area contributed by atoms with Crippen LogP contribution < -0.4 is 10.6 Å². The minimum Gasteiger partial charge on any atom is -0.478 e. The number of carboxylic acid groups (broad SMARTS) is 1. The maximum absolute atomic E-state index is 13.1. The largest absolute Gasteiger partial charge is 0.478 e. The molecule has 0 spiro atoms.